The fraction of sp³-hybridized carbons (Fsp3) is 0. The number of rotatable bonds is 0. The monoisotopic (exact) mass is 170 g/mol. The predicted octanol–water partition coefficient (Wildman–Crippen LogP) is 0.939. The normalized spacial score (nSPS) is 10.4. The van der Waals surface area contributed by atoms with Gasteiger partial charge in [-0.05, 0) is 0 Å². The van der Waals surface area contributed by atoms with Crippen molar-refractivity contribution in [3.63, 3.8) is 0 Å². The molecule has 0 atom stereocenters. The van der Waals surface area contributed by atoms with Crippen LogP contribution in [0, 0.1) is 3.82 Å². The van der Waals surface area contributed by atoms with E-state index in [2.05, 4.69) is 9.47 Å². The maximum absolute atomic E-state index is 5.01. The summed E-state index contributed by atoms with van der Waals surface area (Å²) in [6.07, 6.45) is 5.29. The highest BCUT2D eigenvalue weighted by molar-refractivity contribution is 7.73. The van der Waals surface area contributed by atoms with E-state index < -0.39 is 0 Å². The van der Waals surface area contributed by atoms with Crippen molar-refractivity contribution < 1.29 is 4.52 Å². The summed E-state index contributed by atoms with van der Waals surface area (Å²) in [7, 11) is 0. The topological polar surface area (TPSA) is 32.8 Å². The van der Waals surface area contributed by atoms with Crippen LogP contribution in [0.3, 0.4) is 0 Å². The van der Waals surface area contributed by atoms with E-state index in [9.17, 15) is 0 Å². The molecule has 0 aliphatic rings. The SMILES string of the molecule is S=c1s[nH][n+]2ccncc12. The highest BCUT2D eigenvalue weighted by Gasteiger charge is 2.03. The highest BCUT2D eigenvalue weighted by atomic mass is 32.2. The predicted molar refractivity (Wildman–Crippen MR) is 40.5 cm³/mol. The molecule has 2 aromatic rings. The standard InChI is InChI=1S/C5H3N3S2/c9-5-4-3-6-1-2-8(4)7-10-5/h1-3H/p+1. The molecule has 0 radical (unpaired) electrons. The van der Waals surface area contributed by atoms with Crippen LogP contribution in [0.2, 0.25) is 0 Å². The molecule has 10 heavy (non-hydrogen) atoms. The molecule has 50 valence electrons. The first-order valence-corrected chi connectivity index (χ1v) is 3.93. The highest BCUT2D eigenvalue weighted by Crippen LogP contribution is 1.99. The minimum atomic E-state index is 0.841. The average molecular weight is 170 g/mol. The number of aromatic nitrogens is 3. The molecule has 0 aromatic carbocycles. The lowest BCUT2D eigenvalue weighted by molar-refractivity contribution is -0.572. The Labute approximate surface area is 66.1 Å². The molecule has 0 bridgehead atoms. The minimum Gasteiger partial charge on any atom is -0.251 e. The molecule has 2 rings (SSSR count). The Hall–Kier alpha value is -0.810. The molecule has 3 nitrogen and oxygen atoms in total. The van der Waals surface area contributed by atoms with Gasteiger partial charge in [0.2, 0.25) is 6.20 Å². The Morgan fingerprint density at radius 2 is 2.60 bits per heavy atom. The fourth-order valence-electron chi connectivity index (χ4n) is 0.735. The van der Waals surface area contributed by atoms with Gasteiger partial charge < -0.3 is 0 Å². The second-order valence-electron chi connectivity index (χ2n) is 1.81. The van der Waals surface area contributed by atoms with E-state index in [1.807, 2.05) is 10.7 Å². The van der Waals surface area contributed by atoms with Crippen LogP contribution < -0.4 is 4.52 Å². The number of nitrogens with zero attached hydrogens (tertiary/aromatic N) is 2. The third-order valence-corrected chi connectivity index (χ3v) is 2.35. The number of aromatic amines is 1. The maximum Gasteiger partial charge on any atom is 0.284 e. The molecular formula is C5H4N3S2+. The average Bonchev–Trinajstić information content (AvgIpc) is 2.34. The summed E-state index contributed by atoms with van der Waals surface area (Å²) in [5.41, 5.74) is 0.961. The van der Waals surface area contributed by atoms with Crippen LogP contribution in [-0.2, 0) is 0 Å². The molecule has 0 saturated carbocycles. The Kier molecular flexibility index (Phi) is 1.25. The molecule has 2 aromatic heterocycles. The molecule has 0 amide bonds. The van der Waals surface area contributed by atoms with Gasteiger partial charge in [-0.1, -0.05) is 16.7 Å². The number of nitrogens with one attached hydrogen (secondary N) is 1. The first kappa shape index (κ1) is 5.94. The van der Waals surface area contributed by atoms with E-state index in [0.717, 1.165) is 9.34 Å². The van der Waals surface area contributed by atoms with Gasteiger partial charge >= 0.3 is 0 Å². The number of H-pyrrole nitrogens is 1. The Balaban J connectivity index is 3.07. The number of hydrogen-bond acceptors (Lipinski definition) is 3. The third-order valence-electron chi connectivity index (χ3n) is 1.20. The Bertz CT molecular complexity index is 402. The smallest absolute Gasteiger partial charge is 0.251 e. The van der Waals surface area contributed by atoms with Crippen molar-refractivity contribution in [3.8, 4) is 0 Å². The van der Waals surface area contributed by atoms with Crippen molar-refractivity contribution in [2.24, 2.45) is 0 Å². The van der Waals surface area contributed by atoms with Crippen LogP contribution in [0.4, 0.5) is 0 Å². The van der Waals surface area contributed by atoms with Crippen LogP contribution in [0.1, 0.15) is 0 Å². The van der Waals surface area contributed by atoms with Gasteiger partial charge in [-0.25, -0.2) is 0 Å². The molecule has 2 heterocycles. The van der Waals surface area contributed by atoms with E-state index in [0.29, 0.717) is 0 Å². The quantitative estimate of drug-likeness (QED) is 0.471. The van der Waals surface area contributed by atoms with Gasteiger partial charge in [0.1, 0.15) is 6.20 Å². The minimum absolute atomic E-state index is 0.841. The molecule has 0 unspecified atom stereocenters. The lowest BCUT2D eigenvalue weighted by Crippen LogP contribution is -2.21. The van der Waals surface area contributed by atoms with Crippen LogP contribution in [-0.4, -0.2) is 9.47 Å². The fourth-order valence-corrected chi connectivity index (χ4v) is 1.59. The van der Waals surface area contributed by atoms with Crippen LogP contribution in [0.15, 0.2) is 18.6 Å². The van der Waals surface area contributed by atoms with Gasteiger partial charge in [0, 0.05) is 11.5 Å². The molecule has 0 aliphatic carbocycles. The largest absolute Gasteiger partial charge is 0.284 e. The van der Waals surface area contributed by atoms with Crippen LogP contribution in [0.25, 0.3) is 5.52 Å². The van der Waals surface area contributed by atoms with Gasteiger partial charge in [-0.3, -0.25) is 4.98 Å². The van der Waals surface area contributed by atoms with Gasteiger partial charge in [0.25, 0.3) is 5.52 Å². The van der Waals surface area contributed by atoms with Crippen molar-refractivity contribution >= 4 is 29.3 Å². The van der Waals surface area contributed by atoms with Gasteiger partial charge in [-0.2, -0.15) is 0 Å². The van der Waals surface area contributed by atoms with E-state index in [1.54, 1.807) is 12.4 Å². The molecule has 0 spiro atoms. The molecule has 0 aliphatic heterocycles. The summed E-state index contributed by atoms with van der Waals surface area (Å²) in [6.45, 7) is 0. The van der Waals surface area contributed by atoms with E-state index in [1.165, 1.54) is 11.5 Å². The first-order chi connectivity index (χ1) is 4.88. The van der Waals surface area contributed by atoms with E-state index >= 15 is 0 Å². The van der Waals surface area contributed by atoms with Crippen LogP contribution in [0.5, 0.6) is 0 Å². The summed E-state index contributed by atoms with van der Waals surface area (Å²) in [5, 5.41) is 0. The van der Waals surface area contributed by atoms with Crippen molar-refractivity contribution in [2.75, 3.05) is 0 Å². The van der Waals surface area contributed by atoms with Gasteiger partial charge in [0.15, 0.2) is 3.82 Å². The number of fused-ring (bicyclic) bond motifs is 1. The second kappa shape index (κ2) is 2.10. The lowest BCUT2D eigenvalue weighted by Gasteiger charge is -1.74. The summed E-state index contributed by atoms with van der Waals surface area (Å²) in [6, 6.07) is 0. The molecule has 0 saturated heterocycles. The van der Waals surface area contributed by atoms with Gasteiger partial charge in [-0.15, -0.1) is 4.49 Å². The summed E-state index contributed by atoms with van der Waals surface area (Å²) in [4.78, 5) is 3.95. The zero-order chi connectivity index (χ0) is 6.97. The maximum atomic E-state index is 5.01. The Morgan fingerprint density at radius 1 is 1.70 bits per heavy atom. The van der Waals surface area contributed by atoms with Crippen molar-refractivity contribution in [2.45, 2.75) is 0 Å². The van der Waals surface area contributed by atoms with Crippen molar-refractivity contribution in [3.05, 3.63) is 22.4 Å². The van der Waals surface area contributed by atoms with Crippen LogP contribution >= 0.6 is 23.8 Å². The summed E-state index contributed by atoms with van der Waals surface area (Å²) >= 11 is 6.44. The summed E-state index contributed by atoms with van der Waals surface area (Å²) in [5.74, 6) is 0. The third kappa shape index (κ3) is 0.748. The zero-order valence-corrected chi connectivity index (χ0v) is 6.58. The number of hydrogen-bond donors (Lipinski definition) is 1. The van der Waals surface area contributed by atoms with Crippen molar-refractivity contribution in [1.82, 2.24) is 9.47 Å². The van der Waals surface area contributed by atoms with Gasteiger partial charge in [0.05, 0.1) is 6.20 Å². The second-order valence-corrected chi connectivity index (χ2v) is 3.27. The summed E-state index contributed by atoms with van der Waals surface area (Å²) < 4.78 is 5.69. The van der Waals surface area contributed by atoms with Crippen molar-refractivity contribution in [1.29, 1.82) is 0 Å². The molecule has 5 heteroatoms. The zero-order valence-electron chi connectivity index (χ0n) is 4.94. The van der Waals surface area contributed by atoms with E-state index in [-0.39, 0.29) is 0 Å². The molecule has 1 N–H and O–H groups in total. The molecule has 0 fully saturated rings. The first-order valence-electron chi connectivity index (χ1n) is 2.71. The van der Waals surface area contributed by atoms with E-state index in [4.69, 9.17) is 12.2 Å². The Morgan fingerprint density at radius 3 is 3.40 bits per heavy atom. The molecular weight excluding hydrogens is 166 g/mol. The lowest BCUT2D eigenvalue weighted by atomic mass is 10.6.